The molecule has 2 aromatic rings. The summed E-state index contributed by atoms with van der Waals surface area (Å²) in [6, 6.07) is 1.84. The molecular weight excluding hydrogens is 290 g/mol. The third kappa shape index (κ3) is 3.10. The molecule has 0 spiro atoms. The Morgan fingerprint density at radius 2 is 2.14 bits per heavy atom. The van der Waals surface area contributed by atoms with Crippen LogP contribution in [-0.4, -0.2) is 41.4 Å². The van der Waals surface area contributed by atoms with Gasteiger partial charge in [-0.2, -0.15) is 9.78 Å². The summed E-state index contributed by atoms with van der Waals surface area (Å²) in [5.74, 6) is -0.665. The Morgan fingerprint density at radius 3 is 2.82 bits per heavy atom. The molecule has 1 amide bonds. The summed E-state index contributed by atoms with van der Waals surface area (Å²) in [7, 11) is 0. The van der Waals surface area contributed by atoms with Gasteiger partial charge in [0.15, 0.2) is 6.67 Å². The largest absolute Gasteiger partial charge is 0.491 e. The highest BCUT2D eigenvalue weighted by Gasteiger charge is 2.19. The molecule has 22 heavy (non-hydrogen) atoms. The first kappa shape index (κ1) is 14.2. The number of hydrogen-bond acceptors (Lipinski definition) is 6. The Bertz CT molecular complexity index is 686. The van der Waals surface area contributed by atoms with Crippen LogP contribution >= 0.6 is 0 Å². The van der Waals surface area contributed by atoms with Crippen molar-refractivity contribution < 1.29 is 9.72 Å². The second-order valence-electron chi connectivity index (χ2n) is 5.18. The maximum Gasteiger partial charge on any atom is 0.491 e. The first-order valence-corrected chi connectivity index (χ1v) is 7.00. The molecule has 2 aromatic heterocycles. The van der Waals surface area contributed by atoms with Gasteiger partial charge in [0, 0.05) is 17.3 Å². The van der Waals surface area contributed by atoms with E-state index in [2.05, 4.69) is 20.5 Å². The first-order valence-electron chi connectivity index (χ1n) is 7.00. The highest BCUT2D eigenvalue weighted by molar-refractivity contribution is 5.92. The molecule has 1 aliphatic carbocycles. The molecule has 1 saturated carbocycles. The zero-order valence-corrected chi connectivity index (χ0v) is 11.8. The van der Waals surface area contributed by atoms with Crippen LogP contribution in [0, 0.1) is 10.1 Å². The molecule has 1 fully saturated rings. The number of nitrogens with zero attached hydrogens (tertiary/aromatic N) is 6. The first-order chi connectivity index (χ1) is 10.6. The van der Waals surface area contributed by atoms with Crippen molar-refractivity contribution in [2.24, 2.45) is 0 Å². The highest BCUT2D eigenvalue weighted by atomic mass is 16.6. The molecule has 2 heterocycles. The van der Waals surface area contributed by atoms with Gasteiger partial charge in [0.1, 0.15) is 5.69 Å². The molecule has 0 aromatic carbocycles. The van der Waals surface area contributed by atoms with E-state index in [0.717, 1.165) is 25.7 Å². The van der Waals surface area contributed by atoms with Crippen LogP contribution in [0.15, 0.2) is 18.6 Å². The minimum Gasteiger partial charge on any atom is -0.390 e. The minimum atomic E-state index is -0.667. The van der Waals surface area contributed by atoms with E-state index in [1.54, 1.807) is 12.3 Å². The quantitative estimate of drug-likeness (QED) is 0.636. The van der Waals surface area contributed by atoms with Crippen LogP contribution in [0.25, 0.3) is 0 Å². The SMILES string of the molecule is O=C(NC1CCCC1)c1ccn(Cn2cnc([N+](=O)[O-])n2)n1. The van der Waals surface area contributed by atoms with Crippen LogP contribution in [0.2, 0.25) is 0 Å². The second-order valence-corrected chi connectivity index (χ2v) is 5.18. The number of rotatable bonds is 5. The molecule has 0 aliphatic heterocycles. The smallest absolute Gasteiger partial charge is 0.390 e. The molecule has 0 atom stereocenters. The van der Waals surface area contributed by atoms with Crippen molar-refractivity contribution in [3.8, 4) is 0 Å². The third-order valence-electron chi connectivity index (χ3n) is 3.54. The van der Waals surface area contributed by atoms with E-state index >= 15 is 0 Å². The van der Waals surface area contributed by atoms with Gasteiger partial charge in [-0.3, -0.25) is 4.79 Å². The zero-order chi connectivity index (χ0) is 15.5. The van der Waals surface area contributed by atoms with Gasteiger partial charge >= 0.3 is 5.95 Å². The lowest BCUT2D eigenvalue weighted by molar-refractivity contribution is -0.394. The van der Waals surface area contributed by atoms with E-state index in [1.807, 2.05) is 0 Å². The Kier molecular flexibility index (Phi) is 3.81. The number of amides is 1. The molecule has 1 aliphatic rings. The van der Waals surface area contributed by atoms with Gasteiger partial charge in [0.2, 0.25) is 6.33 Å². The van der Waals surface area contributed by atoms with Gasteiger partial charge in [-0.15, -0.1) is 0 Å². The summed E-state index contributed by atoms with van der Waals surface area (Å²) in [4.78, 5) is 25.5. The van der Waals surface area contributed by atoms with Crippen molar-refractivity contribution in [2.75, 3.05) is 0 Å². The van der Waals surface area contributed by atoms with Crippen LogP contribution < -0.4 is 5.32 Å². The molecule has 10 heteroatoms. The lowest BCUT2D eigenvalue weighted by Gasteiger charge is -2.09. The number of hydrogen-bond donors (Lipinski definition) is 1. The van der Waals surface area contributed by atoms with Crippen LogP contribution in [0.3, 0.4) is 0 Å². The average molecular weight is 305 g/mol. The van der Waals surface area contributed by atoms with E-state index in [-0.39, 0.29) is 18.6 Å². The van der Waals surface area contributed by atoms with E-state index in [9.17, 15) is 14.9 Å². The van der Waals surface area contributed by atoms with Crippen molar-refractivity contribution in [3.63, 3.8) is 0 Å². The highest BCUT2D eigenvalue weighted by Crippen LogP contribution is 2.17. The van der Waals surface area contributed by atoms with E-state index < -0.39 is 10.9 Å². The summed E-state index contributed by atoms with van der Waals surface area (Å²) in [6.07, 6.45) is 7.17. The maximum absolute atomic E-state index is 12.0. The number of aromatic nitrogens is 5. The Balaban J connectivity index is 1.62. The Hall–Kier alpha value is -2.78. The van der Waals surface area contributed by atoms with Crippen molar-refractivity contribution in [1.82, 2.24) is 29.9 Å². The van der Waals surface area contributed by atoms with Crippen molar-refractivity contribution in [3.05, 3.63) is 34.4 Å². The van der Waals surface area contributed by atoms with Crippen molar-refractivity contribution in [2.45, 2.75) is 38.4 Å². The predicted octanol–water partition coefficient (Wildman–Crippen LogP) is 0.561. The van der Waals surface area contributed by atoms with Crippen LogP contribution in [-0.2, 0) is 6.67 Å². The molecule has 10 nitrogen and oxygen atoms in total. The van der Waals surface area contributed by atoms with E-state index in [1.165, 1.54) is 15.7 Å². The fourth-order valence-electron chi connectivity index (χ4n) is 2.48. The normalized spacial score (nSPS) is 15.1. The van der Waals surface area contributed by atoms with Crippen LogP contribution in [0.1, 0.15) is 36.2 Å². The van der Waals surface area contributed by atoms with Crippen LogP contribution in [0.4, 0.5) is 5.95 Å². The van der Waals surface area contributed by atoms with Gasteiger partial charge in [0.25, 0.3) is 5.91 Å². The molecular formula is C12H15N7O3. The average Bonchev–Trinajstić information content (AvgIpc) is 3.19. The Labute approximate surface area is 125 Å². The molecule has 116 valence electrons. The second kappa shape index (κ2) is 5.92. The number of carbonyl (C=O) groups is 1. The topological polar surface area (TPSA) is 121 Å². The number of nitrogens with one attached hydrogen (secondary N) is 1. The molecule has 0 bridgehead atoms. The lowest BCUT2D eigenvalue weighted by Crippen LogP contribution is -2.33. The maximum atomic E-state index is 12.0. The predicted molar refractivity (Wildman–Crippen MR) is 74.0 cm³/mol. The van der Waals surface area contributed by atoms with Gasteiger partial charge in [-0.25, -0.2) is 4.68 Å². The zero-order valence-electron chi connectivity index (χ0n) is 11.8. The van der Waals surface area contributed by atoms with Gasteiger partial charge in [-0.1, -0.05) is 17.8 Å². The summed E-state index contributed by atoms with van der Waals surface area (Å²) in [5.41, 5.74) is 0.321. The lowest BCUT2D eigenvalue weighted by atomic mass is 10.2. The summed E-state index contributed by atoms with van der Waals surface area (Å²) in [6.45, 7) is 0.150. The monoisotopic (exact) mass is 305 g/mol. The standard InChI is InChI=1S/C12H15N7O3/c20-11(14-9-3-1-2-4-9)10-5-6-17(15-10)8-18-7-13-12(16-18)19(21)22/h5-7,9H,1-4,8H2,(H,14,20). The fourth-order valence-corrected chi connectivity index (χ4v) is 2.48. The van der Waals surface area contributed by atoms with E-state index in [0.29, 0.717) is 5.69 Å². The molecule has 0 radical (unpaired) electrons. The third-order valence-corrected chi connectivity index (χ3v) is 3.54. The summed E-state index contributed by atoms with van der Waals surface area (Å²) < 4.78 is 2.76. The fraction of sp³-hybridized carbons (Fsp3) is 0.500. The van der Waals surface area contributed by atoms with Crippen molar-refractivity contribution >= 4 is 11.9 Å². The molecule has 0 saturated heterocycles. The van der Waals surface area contributed by atoms with E-state index in [4.69, 9.17) is 0 Å². The molecule has 0 unspecified atom stereocenters. The molecule has 3 rings (SSSR count). The van der Waals surface area contributed by atoms with Crippen molar-refractivity contribution in [1.29, 1.82) is 0 Å². The van der Waals surface area contributed by atoms with Crippen LogP contribution in [0.5, 0.6) is 0 Å². The summed E-state index contributed by atoms with van der Waals surface area (Å²) in [5, 5.41) is 21.3. The van der Waals surface area contributed by atoms with Gasteiger partial charge < -0.3 is 15.4 Å². The number of carbonyl (C=O) groups excluding carboxylic acids is 1. The molecule has 1 N–H and O–H groups in total. The Morgan fingerprint density at radius 1 is 1.36 bits per heavy atom. The van der Waals surface area contributed by atoms with Gasteiger partial charge in [-0.05, 0) is 23.8 Å². The number of nitro groups is 1. The summed E-state index contributed by atoms with van der Waals surface area (Å²) >= 11 is 0. The minimum absolute atomic E-state index is 0.150. The van der Waals surface area contributed by atoms with Gasteiger partial charge in [0.05, 0.1) is 0 Å².